The van der Waals surface area contributed by atoms with Gasteiger partial charge in [0.1, 0.15) is 11.6 Å². The van der Waals surface area contributed by atoms with Gasteiger partial charge in [0.05, 0.1) is 5.56 Å². The van der Waals surface area contributed by atoms with Crippen LogP contribution in [0, 0.1) is 11.6 Å². The van der Waals surface area contributed by atoms with Gasteiger partial charge in [-0.25, -0.2) is 13.6 Å². The monoisotopic (exact) mass is 244 g/mol. The van der Waals surface area contributed by atoms with Crippen molar-refractivity contribution in [3.63, 3.8) is 0 Å². The van der Waals surface area contributed by atoms with Crippen molar-refractivity contribution in [1.82, 2.24) is 0 Å². The normalized spacial score (nSPS) is 14.4. The SMILES string of the molecule is CCCOC(C)(C(=O)O)c1c(F)cccc1F. The summed E-state index contributed by atoms with van der Waals surface area (Å²) in [5, 5.41) is 9.10. The van der Waals surface area contributed by atoms with Crippen LogP contribution in [0.25, 0.3) is 0 Å². The van der Waals surface area contributed by atoms with E-state index in [0.29, 0.717) is 6.42 Å². The number of carbonyl (C=O) groups is 1. The fourth-order valence-corrected chi connectivity index (χ4v) is 1.50. The van der Waals surface area contributed by atoms with E-state index in [1.165, 1.54) is 6.07 Å². The minimum absolute atomic E-state index is 0.108. The molecule has 1 aromatic carbocycles. The van der Waals surface area contributed by atoms with Crippen molar-refractivity contribution in [2.45, 2.75) is 25.9 Å². The van der Waals surface area contributed by atoms with Crippen LogP contribution in [-0.4, -0.2) is 17.7 Å². The molecule has 1 N–H and O–H groups in total. The van der Waals surface area contributed by atoms with Gasteiger partial charge in [0.25, 0.3) is 0 Å². The molecule has 0 heterocycles. The maximum Gasteiger partial charge on any atom is 0.340 e. The van der Waals surface area contributed by atoms with E-state index < -0.39 is 28.8 Å². The molecule has 0 aliphatic carbocycles. The number of carboxylic acids is 1. The summed E-state index contributed by atoms with van der Waals surface area (Å²) >= 11 is 0. The highest BCUT2D eigenvalue weighted by molar-refractivity contribution is 5.79. The average molecular weight is 244 g/mol. The fraction of sp³-hybridized carbons (Fsp3) is 0.417. The second-order valence-corrected chi connectivity index (χ2v) is 3.78. The van der Waals surface area contributed by atoms with E-state index >= 15 is 0 Å². The summed E-state index contributed by atoms with van der Waals surface area (Å²) < 4.78 is 32.2. The predicted octanol–water partition coefficient (Wildman–Crippen LogP) is 2.69. The van der Waals surface area contributed by atoms with Crippen molar-refractivity contribution in [2.75, 3.05) is 6.61 Å². The van der Waals surface area contributed by atoms with Gasteiger partial charge >= 0.3 is 5.97 Å². The van der Waals surface area contributed by atoms with Crippen LogP contribution in [0.2, 0.25) is 0 Å². The number of carboxylic acid groups (broad SMARTS) is 1. The third-order valence-electron chi connectivity index (χ3n) is 2.44. The van der Waals surface area contributed by atoms with Crippen molar-refractivity contribution >= 4 is 5.97 Å². The molecule has 0 amide bonds. The van der Waals surface area contributed by atoms with Crippen LogP contribution in [0.3, 0.4) is 0 Å². The standard InChI is InChI=1S/C12H14F2O3/c1-3-7-17-12(2,11(15)16)10-8(13)5-4-6-9(10)14/h4-6H,3,7H2,1-2H3,(H,15,16). The van der Waals surface area contributed by atoms with Gasteiger partial charge in [-0.3, -0.25) is 0 Å². The van der Waals surface area contributed by atoms with Crippen molar-refractivity contribution in [1.29, 1.82) is 0 Å². The molecule has 0 aliphatic rings. The zero-order valence-electron chi connectivity index (χ0n) is 9.67. The topological polar surface area (TPSA) is 46.5 Å². The molecule has 0 bridgehead atoms. The summed E-state index contributed by atoms with van der Waals surface area (Å²) in [6, 6.07) is 3.19. The van der Waals surface area contributed by atoms with Gasteiger partial charge < -0.3 is 9.84 Å². The van der Waals surface area contributed by atoms with Gasteiger partial charge in [0.15, 0.2) is 5.60 Å². The average Bonchev–Trinajstić information content (AvgIpc) is 2.25. The summed E-state index contributed by atoms with van der Waals surface area (Å²) in [7, 11) is 0. The second kappa shape index (κ2) is 5.23. The van der Waals surface area contributed by atoms with Gasteiger partial charge in [-0.05, 0) is 25.5 Å². The Balaban J connectivity index is 3.27. The Morgan fingerprint density at radius 1 is 1.41 bits per heavy atom. The van der Waals surface area contributed by atoms with Crippen molar-refractivity contribution in [3.05, 3.63) is 35.4 Å². The lowest BCUT2D eigenvalue weighted by Crippen LogP contribution is -2.37. The van der Waals surface area contributed by atoms with Gasteiger partial charge in [0, 0.05) is 6.61 Å². The molecule has 1 rings (SSSR count). The third kappa shape index (κ3) is 2.61. The Kier molecular flexibility index (Phi) is 4.17. The number of halogens is 2. The summed E-state index contributed by atoms with van der Waals surface area (Å²) in [6.07, 6.45) is 0.555. The van der Waals surface area contributed by atoms with E-state index in [-0.39, 0.29) is 6.61 Å². The Morgan fingerprint density at radius 2 is 1.94 bits per heavy atom. The first-order valence-electron chi connectivity index (χ1n) is 5.25. The van der Waals surface area contributed by atoms with Crippen molar-refractivity contribution < 1.29 is 23.4 Å². The van der Waals surface area contributed by atoms with E-state index in [1.807, 2.05) is 0 Å². The molecule has 0 fully saturated rings. The van der Waals surface area contributed by atoms with Crippen LogP contribution in [0.15, 0.2) is 18.2 Å². The molecule has 1 unspecified atom stereocenters. The maximum absolute atomic E-state index is 13.6. The van der Waals surface area contributed by atoms with Gasteiger partial charge in [0.2, 0.25) is 0 Å². The molecule has 0 aromatic heterocycles. The molecule has 1 atom stereocenters. The molecule has 3 nitrogen and oxygen atoms in total. The number of benzene rings is 1. The number of rotatable bonds is 5. The van der Waals surface area contributed by atoms with Gasteiger partial charge in [-0.15, -0.1) is 0 Å². The lowest BCUT2D eigenvalue weighted by molar-refractivity contribution is -0.166. The lowest BCUT2D eigenvalue weighted by Gasteiger charge is -2.26. The molecule has 0 saturated heterocycles. The van der Waals surface area contributed by atoms with Crippen LogP contribution in [0.1, 0.15) is 25.8 Å². The molecule has 0 spiro atoms. The second-order valence-electron chi connectivity index (χ2n) is 3.78. The molecule has 0 saturated carbocycles. The summed E-state index contributed by atoms with van der Waals surface area (Å²) in [6.45, 7) is 3.03. The largest absolute Gasteiger partial charge is 0.479 e. The molecule has 0 aliphatic heterocycles. The van der Waals surface area contributed by atoms with E-state index in [9.17, 15) is 13.6 Å². The van der Waals surface area contributed by atoms with Crippen LogP contribution >= 0.6 is 0 Å². The van der Waals surface area contributed by atoms with Gasteiger partial charge in [-0.1, -0.05) is 13.0 Å². The minimum atomic E-state index is -2.01. The zero-order chi connectivity index (χ0) is 13.1. The van der Waals surface area contributed by atoms with Crippen LogP contribution in [0.4, 0.5) is 8.78 Å². The van der Waals surface area contributed by atoms with E-state index in [2.05, 4.69) is 0 Å². The summed E-state index contributed by atoms with van der Waals surface area (Å²) in [5.41, 5.74) is -2.58. The fourth-order valence-electron chi connectivity index (χ4n) is 1.50. The van der Waals surface area contributed by atoms with Crippen molar-refractivity contribution in [3.8, 4) is 0 Å². The number of hydrogen-bond donors (Lipinski definition) is 1. The first-order valence-corrected chi connectivity index (χ1v) is 5.25. The minimum Gasteiger partial charge on any atom is -0.479 e. The summed E-state index contributed by atoms with van der Waals surface area (Å²) in [4.78, 5) is 11.2. The highest BCUT2D eigenvalue weighted by Gasteiger charge is 2.41. The first kappa shape index (κ1) is 13.6. The van der Waals surface area contributed by atoms with Gasteiger partial charge in [-0.2, -0.15) is 0 Å². The van der Waals surface area contributed by atoms with Crippen LogP contribution in [-0.2, 0) is 15.1 Å². The molecular formula is C12H14F2O3. The van der Waals surface area contributed by atoms with E-state index in [4.69, 9.17) is 9.84 Å². The number of aliphatic carboxylic acids is 1. The molecule has 0 radical (unpaired) electrons. The molecular weight excluding hydrogens is 230 g/mol. The molecule has 1 aromatic rings. The maximum atomic E-state index is 13.6. The Hall–Kier alpha value is -1.49. The highest BCUT2D eigenvalue weighted by atomic mass is 19.1. The predicted molar refractivity (Wildman–Crippen MR) is 57.6 cm³/mol. The highest BCUT2D eigenvalue weighted by Crippen LogP contribution is 2.30. The molecule has 17 heavy (non-hydrogen) atoms. The van der Waals surface area contributed by atoms with E-state index in [1.54, 1.807) is 6.92 Å². The quantitative estimate of drug-likeness (QED) is 0.866. The van der Waals surface area contributed by atoms with Crippen LogP contribution in [0.5, 0.6) is 0 Å². The number of hydrogen-bond acceptors (Lipinski definition) is 2. The molecule has 5 heteroatoms. The first-order chi connectivity index (χ1) is 7.93. The number of ether oxygens (including phenoxy) is 1. The smallest absolute Gasteiger partial charge is 0.340 e. The van der Waals surface area contributed by atoms with Crippen molar-refractivity contribution in [2.24, 2.45) is 0 Å². The zero-order valence-corrected chi connectivity index (χ0v) is 9.67. The lowest BCUT2D eigenvalue weighted by atomic mass is 9.94. The summed E-state index contributed by atoms with van der Waals surface area (Å²) in [5.74, 6) is -3.27. The van der Waals surface area contributed by atoms with Crippen LogP contribution < -0.4 is 0 Å². The Morgan fingerprint density at radius 3 is 2.35 bits per heavy atom. The Labute approximate surface area is 98.0 Å². The Bertz CT molecular complexity index is 400. The van der Waals surface area contributed by atoms with E-state index in [0.717, 1.165) is 19.1 Å². The third-order valence-corrected chi connectivity index (χ3v) is 2.44. The molecule has 94 valence electrons.